The van der Waals surface area contributed by atoms with Crippen LogP contribution in [0, 0.1) is 0 Å². The van der Waals surface area contributed by atoms with E-state index < -0.39 is 0 Å². The summed E-state index contributed by atoms with van der Waals surface area (Å²) in [5, 5.41) is 9.20. The zero-order chi connectivity index (χ0) is 39.6. The van der Waals surface area contributed by atoms with E-state index in [0.29, 0.717) is 0 Å². The van der Waals surface area contributed by atoms with Gasteiger partial charge in [-0.2, -0.15) is 0 Å². The van der Waals surface area contributed by atoms with Gasteiger partial charge in [0.15, 0.2) is 0 Å². The third-order valence-corrected chi connectivity index (χ3v) is 14.4. The predicted octanol–water partition coefficient (Wildman–Crippen LogP) is 13.6. The van der Waals surface area contributed by atoms with Crippen LogP contribution in [-0.2, 0) is 5.41 Å². The molecule has 0 saturated heterocycles. The van der Waals surface area contributed by atoms with Gasteiger partial charge in [-0.1, -0.05) is 130 Å². The van der Waals surface area contributed by atoms with Gasteiger partial charge in [-0.15, -0.1) is 0 Å². The van der Waals surface area contributed by atoms with Crippen LogP contribution in [0.1, 0.15) is 26.3 Å². The molecule has 0 radical (unpaired) electrons. The van der Waals surface area contributed by atoms with Crippen LogP contribution in [0.4, 0.5) is 34.1 Å². The summed E-state index contributed by atoms with van der Waals surface area (Å²) in [6, 6.07) is 57.8. The van der Waals surface area contributed by atoms with Crippen LogP contribution in [0.25, 0.3) is 65.4 Å². The quantitative estimate of drug-likeness (QED) is 0.163. The summed E-state index contributed by atoms with van der Waals surface area (Å²) in [5.74, 6) is 0. The lowest BCUT2D eigenvalue weighted by Gasteiger charge is -2.47. The first-order valence-corrected chi connectivity index (χ1v) is 21.6. The molecule has 0 amide bonds. The van der Waals surface area contributed by atoms with Gasteiger partial charge in [0.25, 0.3) is 6.71 Å². The third kappa shape index (κ3) is 4.19. The fourth-order valence-corrected chi connectivity index (χ4v) is 11.9. The molecule has 4 nitrogen and oxygen atoms in total. The van der Waals surface area contributed by atoms with E-state index in [0.717, 1.165) is 66.0 Å². The van der Waals surface area contributed by atoms with Gasteiger partial charge in [-0.05, 0) is 98.8 Å². The normalized spacial score (nSPS) is 14.1. The van der Waals surface area contributed by atoms with E-state index in [4.69, 9.17) is 8.83 Å². The van der Waals surface area contributed by atoms with Gasteiger partial charge in [0, 0.05) is 54.1 Å². The van der Waals surface area contributed by atoms with Gasteiger partial charge < -0.3 is 18.6 Å². The van der Waals surface area contributed by atoms with Crippen molar-refractivity contribution in [1.82, 2.24) is 0 Å². The van der Waals surface area contributed by atoms with Gasteiger partial charge in [0.1, 0.15) is 22.3 Å². The molecule has 2 aromatic heterocycles. The molecule has 282 valence electrons. The van der Waals surface area contributed by atoms with Crippen molar-refractivity contribution in [2.45, 2.75) is 36.0 Å². The molecule has 6 heteroatoms. The summed E-state index contributed by atoms with van der Waals surface area (Å²) in [7, 11) is 0. The average Bonchev–Trinajstić information content (AvgIpc) is 3.85. The Kier molecular flexibility index (Phi) is 6.29. The Morgan fingerprint density at radius 2 is 0.917 bits per heavy atom. The van der Waals surface area contributed by atoms with Gasteiger partial charge in [0.05, 0.1) is 22.1 Å². The lowest BCUT2D eigenvalue weighted by Crippen LogP contribution is -2.63. The van der Waals surface area contributed by atoms with E-state index in [-0.39, 0.29) is 12.1 Å². The second kappa shape index (κ2) is 11.4. The molecule has 60 heavy (non-hydrogen) atoms. The molecule has 0 unspecified atom stereocenters. The Bertz CT molecular complexity index is 3460. The molecular formula is C54H35BN2O2S. The maximum Gasteiger partial charge on any atom is 0.255 e. The molecule has 11 aromatic rings. The predicted molar refractivity (Wildman–Crippen MR) is 253 cm³/mol. The largest absolute Gasteiger partial charge is 0.455 e. The molecule has 0 atom stereocenters. The topological polar surface area (TPSA) is 32.8 Å². The summed E-state index contributed by atoms with van der Waals surface area (Å²) < 4.78 is 14.1. The SMILES string of the molecule is CC(C)(C)c1cc2c3c(c1)N(c1ccccc1)c1c4c(cc5oc6c7ccccc7ccc6c15)Sc1cc5oc6c7ccccc7ccc6c5c(c1B34)N2c1ccccc1. The molecule has 0 fully saturated rings. The standard InChI is InChI=1S/C54H35BN2O2S/c1-54(2,3)32-26-39-47-40(27-32)57(34-18-8-5-9-19-34)51-46-38-25-23-31-15-11-13-21-36(31)53(38)59-42(46)29-44-49(51)55(47)48-43(60-44)28-41-45(50(48)56(39)33-16-6-4-7-17-33)37-24-22-30-14-10-12-20-35(30)52(37)58-41/h4-29H,1-3H3. The van der Waals surface area contributed by atoms with Gasteiger partial charge in [0.2, 0.25) is 0 Å². The minimum atomic E-state index is -0.143. The number of hydrogen-bond acceptors (Lipinski definition) is 5. The highest BCUT2D eigenvalue weighted by Gasteiger charge is 2.50. The fraction of sp³-hybridized carbons (Fsp3) is 0.0741. The van der Waals surface area contributed by atoms with Crippen molar-refractivity contribution in [3.05, 3.63) is 163 Å². The Morgan fingerprint density at radius 1 is 0.467 bits per heavy atom. The number of fused-ring (bicyclic) bond motifs is 12. The second-order valence-electron chi connectivity index (χ2n) is 17.6. The van der Waals surface area contributed by atoms with E-state index in [9.17, 15) is 0 Å². The number of rotatable bonds is 2. The van der Waals surface area contributed by atoms with Crippen molar-refractivity contribution >= 4 is 134 Å². The average molecular weight is 787 g/mol. The number of nitrogens with zero attached hydrogens (tertiary/aromatic N) is 2. The first-order valence-electron chi connectivity index (χ1n) is 20.8. The highest BCUT2D eigenvalue weighted by atomic mass is 32.2. The smallest absolute Gasteiger partial charge is 0.255 e. The van der Waals surface area contributed by atoms with Crippen LogP contribution in [0.5, 0.6) is 0 Å². The van der Waals surface area contributed by atoms with E-state index in [1.165, 1.54) is 65.3 Å². The maximum absolute atomic E-state index is 7.07. The molecule has 0 aliphatic carbocycles. The van der Waals surface area contributed by atoms with Gasteiger partial charge in [-0.25, -0.2) is 0 Å². The summed E-state index contributed by atoms with van der Waals surface area (Å²) in [4.78, 5) is 7.56. The van der Waals surface area contributed by atoms with Crippen molar-refractivity contribution in [2.75, 3.05) is 9.80 Å². The molecular weight excluding hydrogens is 751 g/mol. The molecule has 0 saturated carbocycles. The fourth-order valence-electron chi connectivity index (χ4n) is 10.7. The first kappa shape index (κ1) is 33.0. The van der Waals surface area contributed by atoms with E-state index in [1.54, 1.807) is 0 Å². The third-order valence-electron chi connectivity index (χ3n) is 13.3. The summed E-state index contributed by atoms with van der Waals surface area (Å²) in [5.41, 5.74) is 15.9. The second-order valence-corrected chi connectivity index (χ2v) is 18.7. The molecule has 14 rings (SSSR count). The monoisotopic (exact) mass is 786 g/mol. The van der Waals surface area contributed by atoms with E-state index >= 15 is 0 Å². The Labute approximate surface area is 350 Å². The molecule has 0 N–H and O–H groups in total. The highest BCUT2D eigenvalue weighted by molar-refractivity contribution is 8.00. The number of furan rings is 2. The van der Waals surface area contributed by atoms with Gasteiger partial charge in [-0.3, -0.25) is 0 Å². The van der Waals surface area contributed by atoms with Crippen molar-refractivity contribution < 1.29 is 8.83 Å². The van der Waals surface area contributed by atoms with Crippen LogP contribution >= 0.6 is 11.8 Å². The van der Waals surface area contributed by atoms with Crippen LogP contribution in [-0.4, -0.2) is 6.71 Å². The number of para-hydroxylation sites is 2. The summed E-state index contributed by atoms with van der Waals surface area (Å²) in [6.45, 7) is 6.97. The van der Waals surface area contributed by atoms with Crippen molar-refractivity contribution in [3.8, 4) is 0 Å². The molecule has 3 aliphatic rings. The zero-order valence-electron chi connectivity index (χ0n) is 33.2. The number of hydrogen-bond donors (Lipinski definition) is 0. The maximum atomic E-state index is 7.07. The van der Waals surface area contributed by atoms with Crippen LogP contribution in [0.15, 0.2) is 176 Å². The molecule has 3 aliphatic heterocycles. The Balaban J connectivity index is 1.21. The van der Waals surface area contributed by atoms with Crippen molar-refractivity contribution in [2.24, 2.45) is 0 Å². The lowest BCUT2D eigenvalue weighted by molar-refractivity contribution is 0.590. The van der Waals surface area contributed by atoms with Crippen LogP contribution < -0.4 is 26.2 Å². The summed E-state index contributed by atoms with van der Waals surface area (Å²) >= 11 is 1.85. The van der Waals surface area contributed by atoms with E-state index in [2.05, 4.69) is 188 Å². The molecule has 5 heterocycles. The van der Waals surface area contributed by atoms with E-state index in [1.807, 2.05) is 11.8 Å². The van der Waals surface area contributed by atoms with Crippen molar-refractivity contribution in [1.29, 1.82) is 0 Å². The minimum Gasteiger partial charge on any atom is -0.455 e. The Morgan fingerprint density at radius 3 is 1.38 bits per heavy atom. The molecule has 0 spiro atoms. The first-order chi connectivity index (χ1) is 29.4. The Hall–Kier alpha value is -6.89. The molecule has 9 aromatic carbocycles. The minimum absolute atomic E-state index is 0.0372. The highest BCUT2D eigenvalue weighted by Crippen LogP contribution is 2.55. The van der Waals surface area contributed by atoms with Crippen LogP contribution in [0.3, 0.4) is 0 Å². The summed E-state index contributed by atoms with van der Waals surface area (Å²) in [6.07, 6.45) is 0. The number of anilines is 6. The lowest BCUT2D eigenvalue weighted by atomic mass is 9.33. The van der Waals surface area contributed by atoms with Gasteiger partial charge >= 0.3 is 0 Å². The van der Waals surface area contributed by atoms with Crippen molar-refractivity contribution in [3.63, 3.8) is 0 Å². The molecule has 0 bridgehead atoms. The zero-order valence-corrected chi connectivity index (χ0v) is 34.0. The van der Waals surface area contributed by atoms with Crippen LogP contribution in [0.2, 0.25) is 0 Å². The number of benzene rings is 9.